The second-order valence-corrected chi connectivity index (χ2v) is 5.43. The SMILES string of the molecule is Fc1ccc(C(Br)c2c(F)cccc2Br)c(F)c1. The molecule has 0 aromatic heterocycles. The Kier molecular flexibility index (Phi) is 4.12. The molecule has 94 valence electrons. The van der Waals surface area contributed by atoms with Gasteiger partial charge in [0.1, 0.15) is 17.5 Å². The first-order chi connectivity index (χ1) is 8.50. The Morgan fingerprint density at radius 2 is 1.67 bits per heavy atom. The molecule has 0 aliphatic carbocycles. The minimum absolute atomic E-state index is 0.183. The van der Waals surface area contributed by atoms with Crippen LogP contribution in [0.2, 0.25) is 0 Å². The van der Waals surface area contributed by atoms with Crippen molar-refractivity contribution in [2.45, 2.75) is 4.83 Å². The van der Waals surface area contributed by atoms with E-state index in [4.69, 9.17) is 0 Å². The highest BCUT2D eigenvalue weighted by Crippen LogP contribution is 2.38. The highest BCUT2D eigenvalue weighted by Gasteiger charge is 2.21. The Morgan fingerprint density at radius 3 is 2.28 bits per heavy atom. The predicted molar refractivity (Wildman–Crippen MR) is 71.2 cm³/mol. The maximum absolute atomic E-state index is 13.7. The zero-order chi connectivity index (χ0) is 13.3. The van der Waals surface area contributed by atoms with E-state index >= 15 is 0 Å². The van der Waals surface area contributed by atoms with Gasteiger partial charge in [-0.3, -0.25) is 0 Å². The normalized spacial score (nSPS) is 12.5. The molecule has 0 aliphatic rings. The lowest BCUT2D eigenvalue weighted by Gasteiger charge is -2.14. The van der Waals surface area contributed by atoms with Crippen LogP contribution in [-0.2, 0) is 0 Å². The lowest BCUT2D eigenvalue weighted by Crippen LogP contribution is -2.01. The Morgan fingerprint density at radius 1 is 0.944 bits per heavy atom. The van der Waals surface area contributed by atoms with Gasteiger partial charge in [-0.15, -0.1) is 0 Å². The number of alkyl halides is 1. The summed E-state index contributed by atoms with van der Waals surface area (Å²) in [4.78, 5) is -0.686. The molecule has 2 rings (SSSR count). The summed E-state index contributed by atoms with van der Waals surface area (Å²) in [6, 6.07) is 7.70. The molecular formula is C13H7Br2F3. The highest BCUT2D eigenvalue weighted by molar-refractivity contribution is 9.11. The maximum Gasteiger partial charge on any atom is 0.130 e. The summed E-state index contributed by atoms with van der Waals surface area (Å²) in [6.45, 7) is 0. The van der Waals surface area contributed by atoms with E-state index in [1.807, 2.05) is 0 Å². The van der Waals surface area contributed by atoms with Crippen molar-refractivity contribution in [2.24, 2.45) is 0 Å². The number of hydrogen-bond acceptors (Lipinski definition) is 0. The third-order valence-corrected chi connectivity index (χ3v) is 4.13. The van der Waals surface area contributed by atoms with Crippen LogP contribution in [0, 0.1) is 17.5 Å². The van der Waals surface area contributed by atoms with Gasteiger partial charge in [-0.2, -0.15) is 0 Å². The second-order valence-electron chi connectivity index (χ2n) is 3.66. The van der Waals surface area contributed by atoms with Gasteiger partial charge in [-0.25, -0.2) is 13.2 Å². The molecule has 2 aromatic rings. The standard InChI is InChI=1S/C13H7Br2F3/c14-9-2-1-3-10(17)12(9)13(15)8-5-4-7(16)6-11(8)18/h1-6,13H. The molecule has 5 heteroatoms. The predicted octanol–water partition coefficient (Wildman–Crippen LogP) is 5.35. The molecule has 1 unspecified atom stereocenters. The summed E-state index contributed by atoms with van der Waals surface area (Å²) in [5.74, 6) is -1.84. The van der Waals surface area contributed by atoms with E-state index < -0.39 is 22.3 Å². The molecule has 0 aliphatic heterocycles. The molecule has 0 fully saturated rings. The van der Waals surface area contributed by atoms with Gasteiger partial charge in [-0.1, -0.05) is 44.0 Å². The average molecular weight is 380 g/mol. The molecule has 0 saturated heterocycles. The van der Waals surface area contributed by atoms with E-state index in [0.717, 1.165) is 12.1 Å². The Hall–Kier alpha value is -0.810. The Labute approximate surface area is 119 Å². The lowest BCUT2D eigenvalue weighted by atomic mass is 10.0. The summed E-state index contributed by atoms with van der Waals surface area (Å²) in [7, 11) is 0. The Balaban J connectivity index is 2.51. The molecule has 18 heavy (non-hydrogen) atoms. The summed E-state index contributed by atoms with van der Waals surface area (Å²) < 4.78 is 40.7. The van der Waals surface area contributed by atoms with Crippen LogP contribution < -0.4 is 0 Å². The highest BCUT2D eigenvalue weighted by atomic mass is 79.9. The molecule has 0 nitrogen and oxygen atoms in total. The van der Waals surface area contributed by atoms with E-state index in [0.29, 0.717) is 4.47 Å². The van der Waals surface area contributed by atoms with Gasteiger partial charge in [0, 0.05) is 21.7 Å². The fourth-order valence-electron chi connectivity index (χ4n) is 1.62. The largest absolute Gasteiger partial charge is 0.207 e. The first-order valence-electron chi connectivity index (χ1n) is 5.03. The second kappa shape index (κ2) is 5.45. The van der Waals surface area contributed by atoms with E-state index in [1.165, 1.54) is 12.1 Å². The van der Waals surface area contributed by atoms with E-state index in [9.17, 15) is 13.2 Å². The molecule has 2 aromatic carbocycles. The topological polar surface area (TPSA) is 0 Å². The van der Waals surface area contributed by atoms with Crippen molar-refractivity contribution in [3.63, 3.8) is 0 Å². The number of hydrogen-bond donors (Lipinski definition) is 0. The fraction of sp³-hybridized carbons (Fsp3) is 0.0769. The van der Waals surface area contributed by atoms with Gasteiger partial charge in [0.25, 0.3) is 0 Å². The quantitative estimate of drug-likeness (QED) is 0.617. The van der Waals surface area contributed by atoms with Crippen molar-refractivity contribution < 1.29 is 13.2 Å². The number of halogens is 5. The van der Waals surface area contributed by atoms with Crippen molar-refractivity contribution in [3.05, 3.63) is 69.4 Å². The van der Waals surface area contributed by atoms with Crippen LogP contribution in [0.3, 0.4) is 0 Å². The van der Waals surface area contributed by atoms with Crippen molar-refractivity contribution in [1.29, 1.82) is 0 Å². The average Bonchev–Trinajstić information content (AvgIpc) is 2.28. The van der Waals surface area contributed by atoms with Crippen LogP contribution in [0.15, 0.2) is 40.9 Å². The lowest BCUT2D eigenvalue weighted by molar-refractivity contribution is 0.570. The van der Waals surface area contributed by atoms with Gasteiger partial charge >= 0.3 is 0 Å². The first-order valence-corrected chi connectivity index (χ1v) is 6.74. The smallest absolute Gasteiger partial charge is 0.130 e. The maximum atomic E-state index is 13.7. The van der Waals surface area contributed by atoms with Crippen LogP contribution in [-0.4, -0.2) is 0 Å². The minimum Gasteiger partial charge on any atom is -0.207 e. The molecule has 0 spiro atoms. The summed E-state index contributed by atoms with van der Waals surface area (Å²) in [5, 5.41) is 0. The first kappa shape index (κ1) is 13.6. The molecular weight excluding hydrogens is 373 g/mol. The molecule has 1 atom stereocenters. The van der Waals surface area contributed by atoms with Gasteiger partial charge < -0.3 is 0 Å². The summed E-state index contributed by atoms with van der Waals surface area (Å²) in [5.41, 5.74) is 0.463. The van der Waals surface area contributed by atoms with E-state index in [1.54, 1.807) is 12.1 Å². The minimum atomic E-state index is -0.716. The van der Waals surface area contributed by atoms with Crippen LogP contribution in [0.25, 0.3) is 0 Å². The van der Waals surface area contributed by atoms with E-state index in [-0.39, 0.29) is 11.1 Å². The van der Waals surface area contributed by atoms with Gasteiger partial charge in [0.15, 0.2) is 0 Å². The van der Waals surface area contributed by atoms with Gasteiger partial charge in [0.2, 0.25) is 0 Å². The van der Waals surface area contributed by atoms with Crippen molar-refractivity contribution in [3.8, 4) is 0 Å². The summed E-state index contributed by atoms with van der Waals surface area (Å²) >= 11 is 6.46. The zero-order valence-electron chi connectivity index (χ0n) is 8.93. The van der Waals surface area contributed by atoms with Crippen LogP contribution in [0.5, 0.6) is 0 Å². The Bertz CT molecular complexity index is 564. The molecule has 0 N–H and O–H groups in total. The molecule has 0 heterocycles. The molecule has 0 saturated carbocycles. The molecule has 0 amide bonds. The molecule has 0 bridgehead atoms. The number of rotatable bonds is 2. The van der Waals surface area contributed by atoms with E-state index in [2.05, 4.69) is 31.9 Å². The third-order valence-electron chi connectivity index (χ3n) is 2.49. The fourth-order valence-corrected chi connectivity index (χ4v) is 3.33. The van der Waals surface area contributed by atoms with Crippen LogP contribution >= 0.6 is 31.9 Å². The number of benzene rings is 2. The monoisotopic (exact) mass is 378 g/mol. The zero-order valence-corrected chi connectivity index (χ0v) is 12.1. The van der Waals surface area contributed by atoms with Crippen LogP contribution in [0.1, 0.15) is 16.0 Å². The van der Waals surface area contributed by atoms with Crippen molar-refractivity contribution in [1.82, 2.24) is 0 Å². The third kappa shape index (κ3) is 2.62. The molecule has 0 radical (unpaired) electrons. The van der Waals surface area contributed by atoms with Crippen molar-refractivity contribution in [2.75, 3.05) is 0 Å². The van der Waals surface area contributed by atoms with Gasteiger partial charge in [0.05, 0.1) is 4.83 Å². The summed E-state index contributed by atoms with van der Waals surface area (Å²) in [6.07, 6.45) is 0. The van der Waals surface area contributed by atoms with Crippen LogP contribution in [0.4, 0.5) is 13.2 Å². The van der Waals surface area contributed by atoms with Gasteiger partial charge in [-0.05, 0) is 18.2 Å². The van der Waals surface area contributed by atoms with Crippen molar-refractivity contribution >= 4 is 31.9 Å².